The second-order valence-corrected chi connectivity index (χ2v) is 8.58. The van der Waals surface area contributed by atoms with E-state index in [4.69, 9.17) is 21.1 Å². The molecule has 0 bridgehead atoms. The van der Waals surface area contributed by atoms with Crippen LogP contribution >= 0.6 is 11.6 Å². The van der Waals surface area contributed by atoms with E-state index in [9.17, 15) is 4.79 Å². The van der Waals surface area contributed by atoms with Crippen molar-refractivity contribution in [3.8, 4) is 11.5 Å². The first-order chi connectivity index (χ1) is 15.9. The van der Waals surface area contributed by atoms with Crippen LogP contribution in [0.3, 0.4) is 0 Å². The number of pyridine rings is 1. The van der Waals surface area contributed by atoms with Crippen molar-refractivity contribution < 1.29 is 14.3 Å². The number of hydrogen-bond acceptors (Lipinski definition) is 6. The number of nitrogens with zero attached hydrogens (tertiary/aromatic N) is 3. The molecular weight excluding hydrogens is 442 g/mol. The second-order valence-electron chi connectivity index (χ2n) is 8.17. The molecule has 1 aliphatic rings. The van der Waals surface area contributed by atoms with Gasteiger partial charge < -0.3 is 29.6 Å². The maximum absolute atomic E-state index is 12.3. The fourth-order valence-corrected chi connectivity index (χ4v) is 4.15. The van der Waals surface area contributed by atoms with Crippen LogP contribution in [-0.4, -0.2) is 73.6 Å². The lowest BCUT2D eigenvalue weighted by Crippen LogP contribution is -2.40. The van der Waals surface area contributed by atoms with Crippen LogP contribution in [-0.2, 0) is 4.79 Å². The summed E-state index contributed by atoms with van der Waals surface area (Å²) in [6, 6.07) is 7.54. The van der Waals surface area contributed by atoms with Crippen LogP contribution in [0, 0.1) is 0 Å². The van der Waals surface area contributed by atoms with Crippen molar-refractivity contribution >= 4 is 45.5 Å². The number of ether oxygens (including phenoxy) is 2. The second kappa shape index (κ2) is 9.72. The molecule has 1 amide bonds. The fraction of sp³-hybridized carbons (Fsp3) is 0.333. The SMILES string of the molecule is COc1cc(Nc2ccnc3[nH]c(C4=CCN(C(=O)CN(C)C)CC4)cc23)c(OC)cc1Cl. The predicted molar refractivity (Wildman–Crippen MR) is 132 cm³/mol. The summed E-state index contributed by atoms with van der Waals surface area (Å²) in [5.74, 6) is 1.31. The van der Waals surface area contributed by atoms with Crippen LogP contribution < -0.4 is 14.8 Å². The summed E-state index contributed by atoms with van der Waals surface area (Å²) in [5, 5.41) is 4.86. The number of H-pyrrole nitrogens is 1. The van der Waals surface area contributed by atoms with Crippen LogP contribution in [0.4, 0.5) is 11.4 Å². The first kappa shape index (κ1) is 22.9. The van der Waals surface area contributed by atoms with Crippen molar-refractivity contribution in [3.63, 3.8) is 0 Å². The number of anilines is 2. The van der Waals surface area contributed by atoms with Gasteiger partial charge in [-0.1, -0.05) is 17.7 Å². The Morgan fingerprint density at radius 3 is 2.67 bits per heavy atom. The third-order valence-electron chi connectivity index (χ3n) is 5.63. The fourth-order valence-electron chi connectivity index (χ4n) is 3.92. The van der Waals surface area contributed by atoms with E-state index in [0.717, 1.165) is 34.5 Å². The number of halogens is 1. The highest BCUT2D eigenvalue weighted by molar-refractivity contribution is 6.32. The number of aromatic amines is 1. The Morgan fingerprint density at radius 1 is 1.21 bits per heavy atom. The molecule has 2 aromatic heterocycles. The maximum Gasteiger partial charge on any atom is 0.237 e. The smallest absolute Gasteiger partial charge is 0.237 e. The third-order valence-corrected chi connectivity index (χ3v) is 5.93. The Labute approximate surface area is 198 Å². The van der Waals surface area contributed by atoms with Crippen molar-refractivity contribution in [1.82, 2.24) is 19.8 Å². The summed E-state index contributed by atoms with van der Waals surface area (Å²) < 4.78 is 10.8. The van der Waals surface area contributed by atoms with Crippen LogP contribution in [0.25, 0.3) is 16.6 Å². The summed E-state index contributed by atoms with van der Waals surface area (Å²) in [7, 11) is 6.99. The standard InChI is InChI=1S/C24H28ClN5O3/c1-29(2)14-23(31)30-9-6-15(7-10-30)19-11-16-18(5-8-26-24(16)28-19)27-20-13-21(32-3)17(25)12-22(20)33-4/h5-6,8,11-13H,7,9-10,14H2,1-4H3,(H2,26,27,28). The van der Waals surface area contributed by atoms with Crippen molar-refractivity contribution in [2.24, 2.45) is 0 Å². The number of methoxy groups -OCH3 is 2. The molecule has 0 atom stereocenters. The van der Waals surface area contributed by atoms with Gasteiger partial charge in [-0.15, -0.1) is 0 Å². The topological polar surface area (TPSA) is 82.7 Å². The molecule has 0 saturated heterocycles. The molecule has 1 aliphatic heterocycles. The van der Waals surface area contributed by atoms with E-state index in [0.29, 0.717) is 36.2 Å². The molecule has 3 heterocycles. The van der Waals surface area contributed by atoms with Crippen molar-refractivity contribution in [3.05, 3.63) is 47.3 Å². The number of carbonyl (C=O) groups is 1. The minimum absolute atomic E-state index is 0.146. The molecule has 33 heavy (non-hydrogen) atoms. The van der Waals surface area contributed by atoms with Gasteiger partial charge in [-0.25, -0.2) is 4.98 Å². The predicted octanol–water partition coefficient (Wildman–Crippen LogP) is 4.15. The largest absolute Gasteiger partial charge is 0.495 e. The molecule has 0 unspecified atom stereocenters. The van der Waals surface area contributed by atoms with Crippen LogP contribution in [0.15, 0.2) is 36.5 Å². The Morgan fingerprint density at radius 2 is 2.00 bits per heavy atom. The van der Waals surface area contributed by atoms with Gasteiger partial charge in [0.05, 0.1) is 37.2 Å². The lowest BCUT2D eigenvalue weighted by atomic mass is 10.0. The Kier molecular flexibility index (Phi) is 6.76. The van der Waals surface area contributed by atoms with E-state index >= 15 is 0 Å². The summed E-state index contributed by atoms with van der Waals surface area (Å²) in [4.78, 5) is 24.0. The van der Waals surface area contributed by atoms with Crippen molar-refractivity contribution in [2.75, 3.05) is 53.3 Å². The van der Waals surface area contributed by atoms with E-state index in [2.05, 4.69) is 27.4 Å². The highest BCUT2D eigenvalue weighted by Crippen LogP contribution is 2.39. The van der Waals surface area contributed by atoms with E-state index in [1.54, 1.807) is 26.5 Å². The van der Waals surface area contributed by atoms with Gasteiger partial charge in [-0.05, 0) is 38.2 Å². The minimum atomic E-state index is 0.146. The Balaban J connectivity index is 1.60. The molecule has 4 rings (SSSR count). The number of rotatable bonds is 7. The quantitative estimate of drug-likeness (QED) is 0.540. The van der Waals surface area contributed by atoms with Crippen LogP contribution in [0.1, 0.15) is 12.1 Å². The van der Waals surface area contributed by atoms with Crippen LogP contribution in [0.5, 0.6) is 11.5 Å². The molecule has 0 saturated carbocycles. The van der Waals surface area contributed by atoms with Gasteiger partial charge in [0, 0.05) is 42.5 Å². The van der Waals surface area contributed by atoms with Gasteiger partial charge in [-0.2, -0.15) is 0 Å². The first-order valence-electron chi connectivity index (χ1n) is 10.7. The summed E-state index contributed by atoms with van der Waals surface area (Å²) in [6.45, 7) is 1.74. The van der Waals surface area contributed by atoms with Crippen LogP contribution in [0.2, 0.25) is 5.02 Å². The first-order valence-corrected chi connectivity index (χ1v) is 11.1. The zero-order valence-corrected chi connectivity index (χ0v) is 20.0. The molecule has 1 aromatic carbocycles. The molecule has 2 N–H and O–H groups in total. The average molecular weight is 470 g/mol. The van der Waals surface area contributed by atoms with Gasteiger partial charge in [-0.3, -0.25) is 4.79 Å². The summed E-state index contributed by atoms with van der Waals surface area (Å²) in [5.41, 5.74) is 4.58. The average Bonchev–Trinajstić information content (AvgIpc) is 3.25. The number of hydrogen-bond donors (Lipinski definition) is 2. The van der Waals surface area contributed by atoms with Gasteiger partial charge in [0.1, 0.15) is 17.1 Å². The van der Waals surface area contributed by atoms with E-state index in [1.807, 2.05) is 36.0 Å². The summed E-state index contributed by atoms with van der Waals surface area (Å²) >= 11 is 6.24. The zero-order chi connectivity index (χ0) is 23.5. The molecule has 0 fully saturated rings. The number of nitrogens with one attached hydrogen (secondary N) is 2. The summed E-state index contributed by atoms with van der Waals surface area (Å²) in [6.07, 6.45) is 4.65. The molecule has 0 aliphatic carbocycles. The molecule has 9 heteroatoms. The maximum atomic E-state index is 12.3. The lowest BCUT2D eigenvalue weighted by molar-refractivity contribution is -0.131. The number of likely N-dealkylation sites (N-methyl/N-ethyl adjacent to an activating group) is 1. The molecule has 3 aromatic rings. The lowest BCUT2D eigenvalue weighted by Gasteiger charge is -2.27. The van der Waals surface area contributed by atoms with E-state index in [1.165, 1.54) is 5.57 Å². The highest BCUT2D eigenvalue weighted by Gasteiger charge is 2.20. The number of fused-ring (bicyclic) bond motifs is 1. The number of amides is 1. The van der Waals surface area contributed by atoms with Gasteiger partial charge in [0.2, 0.25) is 5.91 Å². The zero-order valence-electron chi connectivity index (χ0n) is 19.2. The number of carbonyl (C=O) groups excluding carboxylic acids is 1. The van der Waals surface area contributed by atoms with Gasteiger partial charge in [0.15, 0.2) is 0 Å². The highest BCUT2D eigenvalue weighted by atomic mass is 35.5. The van der Waals surface area contributed by atoms with E-state index in [-0.39, 0.29) is 5.91 Å². The van der Waals surface area contributed by atoms with Gasteiger partial charge in [0.25, 0.3) is 0 Å². The number of aromatic nitrogens is 2. The Hall–Kier alpha value is -3.23. The molecule has 8 nitrogen and oxygen atoms in total. The van der Waals surface area contributed by atoms with E-state index < -0.39 is 0 Å². The molecule has 174 valence electrons. The minimum Gasteiger partial charge on any atom is -0.495 e. The normalized spacial score (nSPS) is 13.9. The molecular formula is C24H28ClN5O3. The number of benzene rings is 1. The van der Waals surface area contributed by atoms with Crippen molar-refractivity contribution in [2.45, 2.75) is 6.42 Å². The molecule has 0 spiro atoms. The third kappa shape index (κ3) is 4.91. The van der Waals surface area contributed by atoms with Crippen molar-refractivity contribution in [1.29, 1.82) is 0 Å². The molecule has 0 radical (unpaired) electrons. The monoisotopic (exact) mass is 469 g/mol. The van der Waals surface area contributed by atoms with Gasteiger partial charge >= 0.3 is 0 Å². The Bertz CT molecular complexity index is 1200.